The van der Waals surface area contributed by atoms with Crippen molar-refractivity contribution in [3.8, 4) is 5.75 Å². The molecule has 9 nitrogen and oxygen atoms in total. The predicted octanol–water partition coefficient (Wildman–Crippen LogP) is 4.69. The zero-order valence-corrected chi connectivity index (χ0v) is 20.5. The van der Waals surface area contributed by atoms with Crippen LogP contribution >= 0.6 is 11.3 Å². The van der Waals surface area contributed by atoms with Crippen LogP contribution in [-0.4, -0.2) is 34.4 Å². The fourth-order valence-electron chi connectivity index (χ4n) is 3.87. The molecule has 6 N–H and O–H groups in total. The number of nitrogens with one attached hydrogen (secondary N) is 1. The Hall–Kier alpha value is -3.08. The van der Waals surface area contributed by atoms with Crippen LogP contribution in [0.1, 0.15) is 54.8 Å². The van der Waals surface area contributed by atoms with Gasteiger partial charge in [0.15, 0.2) is 0 Å². The van der Waals surface area contributed by atoms with Crippen molar-refractivity contribution < 1.29 is 4.74 Å². The molecule has 0 radical (unpaired) electrons. The molecule has 1 fully saturated rings. The molecule has 10 heteroatoms. The Balaban J connectivity index is 0.00000324. The zero-order chi connectivity index (χ0) is 23.0. The van der Waals surface area contributed by atoms with Gasteiger partial charge in [0.25, 0.3) is 0 Å². The first-order valence-corrected chi connectivity index (χ1v) is 12.3. The lowest BCUT2D eigenvalue weighted by molar-refractivity contribution is 0.301. The molecule has 0 saturated carbocycles. The van der Waals surface area contributed by atoms with Crippen molar-refractivity contribution in [1.82, 2.24) is 21.1 Å². The minimum absolute atomic E-state index is 0. The summed E-state index contributed by atoms with van der Waals surface area (Å²) in [4.78, 5) is 16.3. The Bertz CT molecular complexity index is 1020. The fraction of sp³-hybridized carbons (Fsp3) is 0.417. The number of hydrogen-bond donors (Lipinski definition) is 3. The smallest absolute Gasteiger partial charge is 0.225 e. The Morgan fingerprint density at radius 3 is 2.56 bits per heavy atom. The van der Waals surface area contributed by atoms with Crippen LogP contribution in [0, 0.1) is 5.41 Å². The number of hydrogen-bond acceptors (Lipinski definition) is 9. The minimum Gasteiger partial charge on any atom is -0.487 e. The van der Waals surface area contributed by atoms with E-state index >= 15 is 0 Å². The van der Waals surface area contributed by atoms with Gasteiger partial charge in [-0.3, -0.25) is 10.4 Å². The Kier molecular flexibility index (Phi) is 9.32. The Morgan fingerprint density at radius 1 is 1.21 bits per heavy atom. The van der Waals surface area contributed by atoms with Gasteiger partial charge in [-0.2, -0.15) is 0 Å². The molecule has 1 aliphatic rings. The van der Waals surface area contributed by atoms with E-state index in [1.807, 2.05) is 36.7 Å². The molecule has 1 aromatic carbocycles. The monoisotopic (exact) mass is 482 g/mol. The van der Waals surface area contributed by atoms with E-state index in [1.54, 1.807) is 11.3 Å². The normalized spacial score (nSPS) is 13.9. The average Bonchev–Trinajstić information content (AvgIpc) is 3.35. The number of piperidine rings is 1. The zero-order valence-electron chi connectivity index (χ0n) is 19.7. The highest BCUT2D eigenvalue weighted by Crippen LogP contribution is 2.31. The van der Waals surface area contributed by atoms with Crippen molar-refractivity contribution in [3.05, 3.63) is 58.3 Å². The van der Waals surface area contributed by atoms with Crippen LogP contribution < -0.4 is 26.6 Å². The van der Waals surface area contributed by atoms with E-state index < -0.39 is 0 Å². The van der Waals surface area contributed by atoms with E-state index in [9.17, 15) is 0 Å². The summed E-state index contributed by atoms with van der Waals surface area (Å²) in [6, 6.07) is 7.34. The third kappa shape index (κ3) is 6.49. The van der Waals surface area contributed by atoms with Crippen LogP contribution in [0.3, 0.4) is 0 Å². The maximum absolute atomic E-state index is 7.19. The SMILES string of the molecule is CCCCc1cnc(N2CCC(c3nc(COc4ccc(N(N)C=N)cc4)cs3)CC2)nc1.N. The largest absolute Gasteiger partial charge is 0.487 e. The highest BCUT2D eigenvalue weighted by atomic mass is 32.1. The molecule has 0 bridgehead atoms. The van der Waals surface area contributed by atoms with Gasteiger partial charge < -0.3 is 15.8 Å². The van der Waals surface area contributed by atoms with E-state index in [2.05, 4.69) is 27.2 Å². The lowest BCUT2D eigenvalue weighted by atomic mass is 9.98. The molecule has 0 aliphatic carbocycles. The second-order valence-corrected chi connectivity index (χ2v) is 9.14. The van der Waals surface area contributed by atoms with E-state index in [0.717, 1.165) is 61.8 Å². The van der Waals surface area contributed by atoms with E-state index in [0.29, 0.717) is 12.5 Å². The molecule has 3 heterocycles. The molecular weight excluding hydrogens is 448 g/mol. The second-order valence-electron chi connectivity index (χ2n) is 8.25. The van der Waals surface area contributed by atoms with Crippen molar-refractivity contribution in [3.63, 3.8) is 0 Å². The van der Waals surface area contributed by atoms with E-state index in [4.69, 9.17) is 21.0 Å². The Labute approximate surface area is 205 Å². The molecule has 2 aromatic heterocycles. The molecule has 1 saturated heterocycles. The highest BCUT2D eigenvalue weighted by molar-refractivity contribution is 7.09. The third-order valence-corrected chi connectivity index (χ3v) is 6.92. The summed E-state index contributed by atoms with van der Waals surface area (Å²) >= 11 is 1.72. The molecule has 0 spiro atoms. The number of anilines is 2. The molecule has 0 unspecified atom stereocenters. The molecule has 182 valence electrons. The molecule has 4 rings (SSSR count). The molecule has 3 aromatic rings. The van der Waals surface area contributed by atoms with Crippen LogP contribution in [0.5, 0.6) is 5.75 Å². The lowest BCUT2D eigenvalue weighted by Gasteiger charge is -2.31. The molecule has 0 atom stereocenters. The maximum atomic E-state index is 7.19. The summed E-state index contributed by atoms with van der Waals surface area (Å²) in [5, 5.41) is 11.7. The number of benzene rings is 1. The summed E-state index contributed by atoms with van der Waals surface area (Å²) in [6.07, 6.45) is 10.5. The van der Waals surface area contributed by atoms with Crippen molar-refractivity contribution in [2.75, 3.05) is 23.0 Å². The van der Waals surface area contributed by atoms with Gasteiger partial charge in [-0.25, -0.2) is 20.8 Å². The van der Waals surface area contributed by atoms with Crippen LogP contribution in [0.15, 0.2) is 42.0 Å². The number of unbranched alkanes of at least 4 members (excludes halogenated alkanes) is 1. The van der Waals surface area contributed by atoms with Gasteiger partial charge in [-0.15, -0.1) is 11.3 Å². The van der Waals surface area contributed by atoms with Crippen molar-refractivity contribution in [2.45, 2.75) is 51.6 Å². The first-order valence-electron chi connectivity index (χ1n) is 11.4. The maximum Gasteiger partial charge on any atom is 0.225 e. The van der Waals surface area contributed by atoms with Gasteiger partial charge in [0, 0.05) is 36.8 Å². The van der Waals surface area contributed by atoms with Crippen LogP contribution in [-0.2, 0) is 13.0 Å². The number of aromatic nitrogens is 3. The van der Waals surface area contributed by atoms with Crippen LogP contribution in [0.2, 0.25) is 0 Å². The fourth-order valence-corrected chi connectivity index (χ4v) is 4.85. The molecule has 1 aliphatic heterocycles. The number of hydrazine groups is 1. The third-order valence-electron chi connectivity index (χ3n) is 5.87. The van der Waals surface area contributed by atoms with E-state index in [1.165, 1.54) is 28.4 Å². The van der Waals surface area contributed by atoms with Crippen LogP contribution in [0.25, 0.3) is 0 Å². The van der Waals surface area contributed by atoms with Crippen molar-refractivity contribution in [2.24, 2.45) is 5.84 Å². The molecule has 34 heavy (non-hydrogen) atoms. The first-order chi connectivity index (χ1) is 16.2. The van der Waals surface area contributed by atoms with Gasteiger partial charge in [0.2, 0.25) is 5.95 Å². The van der Waals surface area contributed by atoms with Crippen molar-refractivity contribution >= 4 is 29.3 Å². The lowest BCUT2D eigenvalue weighted by Crippen LogP contribution is -2.34. The van der Waals surface area contributed by atoms with Crippen LogP contribution in [0.4, 0.5) is 11.6 Å². The standard InChI is InChI=1S/C24H31N7OS.H3N/c1-2-3-4-18-13-27-24(28-14-18)30-11-9-19(10-12-30)23-29-20(16-33-23)15-32-22-7-5-21(6-8-22)31(26)17-25;/h5-8,13-14,16-17,19,25H,2-4,9-12,15,26H2,1H3;1H3. The second kappa shape index (κ2) is 12.4. The molecule has 0 amide bonds. The van der Waals surface area contributed by atoms with Gasteiger partial charge in [0.05, 0.1) is 16.4 Å². The number of nitrogens with zero attached hydrogens (tertiary/aromatic N) is 5. The summed E-state index contributed by atoms with van der Waals surface area (Å²) in [6.45, 7) is 4.53. The van der Waals surface area contributed by atoms with Gasteiger partial charge >= 0.3 is 0 Å². The first kappa shape index (κ1) is 25.5. The average molecular weight is 483 g/mol. The summed E-state index contributed by atoms with van der Waals surface area (Å²) in [5.74, 6) is 7.74. The summed E-state index contributed by atoms with van der Waals surface area (Å²) in [5.41, 5.74) is 2.90. The number of rotatable bonds is 10. The number of aryl methyl sites for hydroxylation is 1. The Morgan fingerprint density at radius 2 is 1.91 bits per heavy atom. The summed E-state index contributed by atoms with van der Waals surface area (Å²) in [7, 11) is 0. The van der Waals surface area contributed by atoms with E-state index in [-0.39, 0.29) is 6.15 Å². The number of nitrogens with two attached hydrogens (primary N) is 1. The number of ether oxygens (including phenoxy) is 1. The van der Waals surface area contributed by atoms with Crippen molar-refractivity contribution in [1.29, 1.82) is 5.41 Å². The topological polar surface area (TPSA) is 139 Å². The van der Waals surface area contributed by atoms with Gasteiger partial charge in [-0.1, -0.05) is 13.3 Å². The molecular formula is C24H34N8OS. The summed E-state index contributed by atoms with van der Waals surface area (Å²) < 4.78 is 5.87. The predicted molar refractivity (Wildman–Crippen MR) is 138 cm³/mol. The minimum atomic E-state index is 0. The quantitative estimate of drug-likeness (QED) is 0.164. The highest BCUT2D eigenvalue weighted by Gasteiger charge is 2.24. The van der Waals surface area contributed by atoms with Gasteiger partial charge in [0.1, 0.15) is 18.7 Å². The number of thiazole rings is 1. The van der Waals surface area contributed by atoms with Gasteiger partial charge in [-0.05, 0) is 55.5 Å².